The Morgan fingerprint density at radius 3 is 2.50 bits per heavy atom. The van der Waals surface area contributed by atoms with E-state index in [2.05, 4.69) is 15.7 Å². The molecule has 4 aromatic rings. The molecule has 4 rings (SSSR count). The average Bonchev–Trinajstić information content (AvgIpc) is 3.24. The maximum atomic E-state index is 12.7. The smallest absolute Gasteiger partial charge is 0.255 e. The Hall–Kier alpha value is -4.19. The number of aromatic nitrogens is 2. The molecular weight excluding hydrogens is 400 g/mol. The minimum atomic E-state index is -0.198. The summed E-state index contributed by atoms with van der Waals surface area (Å²) in [6.45, 7) is 3.97. The van der Waals surface area contributed by atoms with E-state index in [9.17, 15) is 9.59 Å². The molecule has 0 saturated heterocycles. The fourth-order valence-electron chi connectivity index (χ4n) is 3.43. The number of amides is 2. The number of rotatable bonds is 6. The van der Waals surface area contributed by atoms with Gasteiger partial charge in [-0.1, -0.05) is 42.5 Å². The lowest BCUT2D eigenvalue weighted by atomic mass is 10.1. The molecule has 6 heteroatoms. The van der Waals surface area contributed by atoms with Gasteiger partial charge >= 0.3 is 0 Å². The van der Waals surface area contributed by atoms with Crippen molar-refractivity contribution in [1.29, 1.82) is 0 Å². The number of carbonyl (C=O) groups excluding carboxylic acids is 2. The lowest BCUT2D eigenvalue weighted by Crippen LogP contribution is -2.14. The molecule has 0 aliphatic heterocycles. The second kappa shape index (κ2) is 9.31. The first-order chi connectivity index (χ1) is 15.5. The molecule has 1 heterocycles. The first-order valence-electron chi connectivity index (χ1n) is 10.4. The predicted octanol–water partition coefficient (Wildman–Crippen LogP) is 4.92. The Labute approximate surface area is 186 Å². The molecule has 0 fully saturated rings. The highest BCUT2D eigenvalue weighted by molar-refractivity contribution is 6.04. The van der Waals surface area contributed by atoms with Crippen LogP contribution in [0.2, 0.25) is 0 Å². The third-order valence-corrected chi connectivity index (χ3v) is 5.13. The van der Waals surface area contributed by atoms with Crippen LogP contribution in [0.5, 0.6) is 0 Å². The van der Waals surface area contributed by atoms with E-state index in [1.54, 1.807) is 35.3 Å². The number of hydrogen-bond donors (Lipinski definition) is 2. The van der Waals surface area contributed by atoms with Gasteiger partial charge in [-0.3, -0.25) is 9.59 Å². The summed E-state index contributed by atoms with van der Waals surface area (Å²) in [5.74, 6) is -0.304. The summed E-state index contributed by atoms with van der Waals surface area (Å²) in [7, 11) is 0. The number of hydrogen-bond acceptors (Lipinski definition) is 3. The highest BCUT2D eigenvalue weighted by atomic mass is 16.2. The number of carbonyl (C=O) groups is 2. The van der Waals surface area contributed by atoms with Crippen molar-refractivity contribution in [3.8, 4) is 5.69 Å². The van der Waals surface area contributed by atoms with Crippen LogP contribution >= 0.6 is 0 Å². The SMILES string of the molecule is Cc1cccc(NC(=O)c2cccc(-n3cc(NC(=O)Cc4ccccc4C)cn3)c2)c1. The topological polar surface area (TPSA) is 76.0 Å². The molecule has 0 aliphatic carbocycles. The summed E-state index contributed by atoms with van der Waals surface area (Å²) >= 11 is 0. The van der Waals surface area contributed by atoms with E-state index in [4.69, 9.17) is 0 Å². The minimum Gasteiger partial charge on any atom is -0.323 e. The van der Waals surface area contributed by atoms with Gasteiger partial charge in [0.2, 0.25) is 5.91 Å². The molecule has 0 radical (unpaired) electrons. The Bertz CT molecular complexity index is 1280. The predicted molar refractivity (Wildman–Crippen MR) is 126 cm³/mol. The molecule has 160 valence electrons. The summed E-state index contributed by atoms with van der Waals surface area (Å²) in [5.41, 5.74) is 5.73. The average molecular weight is 425 g/mol. The van der Waals surface area contributed by atoms with Gasteiger partial charge in [0, 0.05) is 11.3 Å². The van der Waals surface area contributed by atoms with Crippen molar-refractivity contribution in [2.24, 2.45) is 0 Å². The first-order valence-corrected chi connectivity index (χ1v) is 10.4. The van der Waals surface area contributed by atoms with Crippen molar-refractivity contribution >= 4 is 23.2 Å². The third-order valence-electron chi connectivity index (χ3n) is 5.13. The summed E-state index contributed by atoms with van der Waals surface area (Å²) < 4.78 is 1.63. The molecule has 2 amide bonds. The van der Waals surface area contributed by atoms with Crippen LogP contribution in [-0.2, 0) is 11.2 Å². The molecular formula is C26H24N4O2. The van der Waals surface area contributed by atoms with Crippen LogP contribution in [-0.4, -0.2) is 21.6 Å². The normalized spacial score (nSPS) is 10.6. The molecule has 6 nitrogen and oxygen atoms in total. The van der Waals surface area contributed by atoms with Gasteiger partial charge < -0.3 is 10.6 Å². The molecule has 0 unspecified atom stereocenters. The molecule has 1 aromatic heterocycles. The van der Waals surface area contributed by atoms with Gasteiger partial charge in [0.15, 0.2) is 0 Å². The van der Waals surface area contributed by atoms with Gasteiger partial charge in [-0.2, -0.15) is 5.10 Å². The summed E-state index contributed by atoms with van der Waals surface area (Å²) in [6.07, 6.45) is 3.62. The van der Waals surface area contributed by atoms with Gasteiger partial charge in [0.05, 0.1) is 30.2 Å². The Morgan fingerprint density at radius 2 is 1.69 bits per heavy atom. The highest BCUT2D eigenvalue weighted by Crippen LogP contribution is 2.17. The molecule has 0 aliphatic rings. The van der Waals surface area contributed by atoms with E-state index >= 15 is 0 Å². The Balaban J connectivity index is 1.44. The summed E-state index contributed by atoms with van der Waals surface area (Å²) in [6, 6.07) is 22.6. The molecule has 0 atom stereocenters. The fraction of sp³-hybridized carbons (Fsp3) is 0.115. The van der Waals surface area contributed by atoms with Gasteiger partial charge in [0.25, 0.3) is 5.91 Å². The monoisotopic (exact) mass is 424 g/mol. The Morgan fingerprint density at radius 1 is 0.875 bits per heavy atom. The van der Waals surface area contributed by atoms with Crippen molar-refractivity contribution in [3.63, 3.8) is 0 Å². The lowest BCUT2D eigenvalue weighted by Gasteiger charge is -2.08. The van der Waals surface area contributed by atoms with Crippen molar-refractivity contribution in [1.82, 2.24) is 9.78 Å². The maximum absolute atomic E-state index is 12.7. The van der Waals surface area contributed by atoms with E-state index in [1.165, 1.54) is 0 Å². The number of aryl methyl sites for hydroxylation is 2. The van der Waals surface area contributed by atoms with Crippen LogP contribution in [0.15, 0.2) is 85.2 Å². The molecule has 2 N–H and O–H groups in total. The van der Waals surface area contributed by atoms with Crippen molar-refractivity contribution in [2.45, 2.75) is 20.3 Å². The standard InChI is InChI=1S/C26H24N4O2/c1-18-7-5-11-22(13-18)29-26(32)21-10-6-12-24(14-21)30-17-23(16-27-30)28-25(31)15-20-9-4-3-8-19(20)2/h3-14,16-17H,15H2,1-2H3,(H,28,31)(H,29,32). The molecule has 3 aromatic carbocycles. The highest BCUT2D eigenvalue weighted by Gasteiger charge is 2.11. The molecule has 0 spiro atoms. The molecule has 0 saturated carbocycles. The van der Waals surface area contributed by atoms with Gasteiger partial charge in [-0.25, -0.2) is 4.68 Å². The first kappa shape index (κ1) is 21.1. The van der Waals surface area contributed by atoms with Crippen LogP contribution in [0.4, 0.5) is 11.4 Å². The third kappa shape index (κ3) is 5.10. The summed E-state index contributed by atoms with van der Waals surface area (Å²) in [4.78, 5) is 25.1. The van der Waals surface area contributed by atoms with Gasteiger partial charge in [0.1, 0.15) is 0 Å². The number of anilines is 2. The number of nitrogens with one attached hydrogen (secondary N) is 2. The summed E-state index contributed by atoms with van der Waals surface area (Å²) in [5, 5.41) is 10.1. The van der Waals surface area contributed by atoms with Gasteiger partial charge in [-0.05, 0) is 60.9 Å². The zero-order valence-corrected chi connectivity index (χ0v) is 18.0. The largest absolute Gasteiger partial charge is 0.323 e. The zero-order valence-electron chi connectivity index (χ0n) is 18.0. The van der Waals surface area contributed by atoms with Crippen LogP contribution in [0.25, 0.3) is 5.69 Å². The quantitative estimate of drug-likeness (QED) is 0.461. The van der Waals surface area contributed by atoms with E-state index in [1.807, 2.05) is 68.4 Å². The van der Waals surface area contributed by atoms with Crippen LogP contribution < -0.4 is 10.6 Å². The molecule has 0 bridgehead atoms. The number of nitrogens with zero attached hydrogens (tertiary/aromatic N) is 2. The zero-order chi connectivity index (χ0) is 22.5. The molecule has 32 heavy (non-hydrogen) atoms. The Kier molecular flexibility index (Phi) is 6.12. The van der Waals surface area contributed by atoms with Crippen LogP contribution in [0, 0.1) is 13.8 Å². The van der Waals surface area contributed by atoms with Crippen molar-refractivity contribution in [2.75, 3.05) is 10.6 Å². The van der Waals surface area contributed by atoms with Crippen LogP contribution in [0.3, 0.4) is 0 Å². The minimum absolute atomic E-state index is 0.106. The van der Waals surface area contributed by atoms with E-state index < -0.39 is 0 Å². The second-order valence-corrected chi connectivity index (χ2v) is 7.70. The van der Waals surface area contributed by atoms with Crippen molar-refractivity contribution in [3.05, 3.63) is 107 Å². The maximum Gasteiger partial charge on any atom is 0.255 e. The fourth-order valence-corrected chi connectivity index (χ4v) is 3.43. The lowest BCUT2D eigenvalue weighted by molar-refractivity contribution is -0.115. The van der Waals surface area contributed by atoms with Crippen molar-refractivity contribution < 1.29 is 9.59 Å². The van der Waals surface area contributed by atoms with E-state index in [0.29, 0.717) is 17.7 Å². The van der Waals surface area contributed by atoms with Gasteiger partial charge in [-0.15, -0.1) is 0 Å². The van der Waals surface area contributed by atoms with E-state index in [0.717, 1.165) is 28.1 Å². The van der Waals surface area contributed by atoms with E-state index in [-0.39, 0.29) is 11.8 Å². The van der Waals surface area contributed by atoms with Crippen LogP contribution in [0.1, 0.15) is 27.0 Å². The second-order valence-electron chi connectivity index (χ2n) is 7.70. The number of benzene rings is 3.